The Balaban J connectivity index is 0.000000878. The van der Waals surface area contributed by atoms with Crippen LogP contribution < -0.4 is 11.1 Å². The molecule has 28 heavy (non-hydrogen) atoms. The molecule has 1 aliphatic heterocycles. The molecule has 8 heteroatoms. The summed E-state index contributed by atoms with van der Waals surface area (Å²) in [5, 5.41) is 9.76. The molecule has 0 bridgehead atoms. The van der Waals surface area contributed by atoms with E-state index >= 15 is 0 Å². The summed E-state index contributed by atoms with van der Waals surface area (Å²) < 4.78 is 0. The predicted molar refractivity (Wildman–Crippen MR) is 106 cm³/mol. The molecule has 1 heterocycles. The molecule has 2 aromatic rings. The first-order valence-electron chi connectivity index (χ1n) is 8.47. The molecule has 0 fully saturated rings. The number of nitrogens with zero attached hydrogens (tertiary/aromatic N) is 2. The zero-order chi connectivity index (χ0) is 20.7. The number of nitrogens with one attached hydrogen (secondary N) is 1. The van der Waals surface area contributed by atoms with E-state index in [0.717, 1.165) is 5.56 Å². The molecule has 1 aliphatic rings. The number of rotatable bonds is 3. The van der Waals surface area contributed by atoms with Gasteiger partial charge in [-0.1, -0.05) is 30.3 Å². The van der Waals surface area contributed by atoms with Crippen LogP contribution in [0.4, 0.5) is 5.69 Å². The molecule has 0 aliphatic carbocycles. The van der Waals surface area contributed by atoms with Crippen LogP contribution in [-0.2, 0) is 15.1 Å². The van der Waals surface area contributed by atoms with Gasteiger partial charge in [0.25, 0.3) is 12.4 Å². The van der Waals surface area contributed by atoms with Gasteiger partial charge in [-0.25, -0.2) is 4.99 Å². The zero-order valence-corrected chi connectivity index (χ0v) is 15.6. The molecule has 1 atom stereocenters. The van der Waals surface area contributed by atoms with Crippen molar-refractivity contribution in [3.63, 3.8) is 0 Å². The Morgan fingerprint density at radius 3 is 2.50 bits per heavy atom. The maximum Gasteiger partial charge on any atom is 0.290 e. The predicted octanol–water partition coefficient (Wildman–Crippen LogP) is 2.03. The minimum absolute atomic E-state index is 0.0891. The second-order valence-electron chi connectivity index (χ2n) is 6.38. The van der Waals surface area contributed by atoms with E-state index in [4.69, 9.17) is 15.6 Å². The summed E-state index contributed by atoms with van der Waals surface area (Å²) in [5.41, 5.74) is 7.16. The topological polar surface area (TPSA) is 125 Å². The summed E-state index contributed by atoms with van der Waals surface area (Å²) in [6.45, 7) is 1.61. The lowest BCUT2D eigenvalue weighted by atomic mass is 9.87. The Labute approximate surface area is 162 Å². The lowest BCUT2D eigenvalue weighted by Gasteiger charge is -2.33. The van der Waals surface area contributed by atoms with E-state index in [-0.39, 0.29) is 30.7 Å². The first kappa shape index (κ1) is 20.6. The fourth-order valence-corrected chi connectivity index (χ4v) is 2.80. The average Bonchev–Trinajstić information content (AvgIpc) is 2.67. The molecular formula is C20H22N4O4. The van der Waals surface area contributed by atoms with Gasteiger partial charge in [-0.15, -0.1) is 0 Å². The summed E-state index contributed by atoms with van der Waals surface area (Å²) >= 11 is 0. The highest BCUT2D eigenvalue weighted by molar-refractivity contribution is 6.04. The molecule has 2 aromatic carbocycles. The third kappa shape index (κ3) is 4.73. The number of aliphatic imine (C=N–C) groups is 1. The monoisotopic (exact) mass is 382 g/mol. The fourth-order valence-electron chi connectivity index (χ4n) is 2.80. The second-order valence-corrected chi connectivity index (χ2v) is 6.38. The quantitative estimate of drug-likeness (QED) is 0.701. The molecule has 4 N–H and O–H groups in total. The van der Waals surface area contributed by atoms with Gasteiger partial charge < -0.3 is 16.2 Å². The van der Waals surface area contributed by atoms with E-state index in [1.807, 2.05) is 43.3 Å². The van der Waals surface area contributed by atoms with E-state index < -0.39 is 5.54 Å². The highest BCUT2D eigenvalue weighted by Crippen LogP contribution is 2.34. The van der Waals surface area contributed by atoms with Gasteiger partial charge in [-0.05, 0) is 36.8 Å². The normalized spacial score (nSPS) is 18.4. The van der Waals surface area contributed by atoms with Crippen molar-refractivity contribution in [3.8, 4) is 0 Å². The maximum absolute atomic E-state index is 12.3. The van der Waals surface area contributed by atoms with Gasteiger partial charge in [-0.2, -0.15) is 0 Å². The lowest BCUT2D eigenvalue weighted by Crippen LogP contribution is -2.47. The molecule has 0 unspecified atom stereocenters. The highest BCUT2D eigenvalue weighted by atomic mass is 16.3. The molecule has 0 aromatic heterocycles. The van der Waals surface area contributed by atoms with E-state index in [9.17, 15) is 9.59 Å². The largest absolute Gasteiger partial charge is 0.483 e. The van der Waals surface area contributed by atoms with Crippen molar-refractivity contribution in [1.29, 1.82) is 0 Å². The summed E-state index contributed by atoms with van der Waals surface area (Å²) in [6, 6.07) is 16.3. The third-order valence-electron chi connectivity index (χ3n) is 4.35. The SMILES string of the molecule is CN1C(=O)C[C@@](C)(c2cccc(NC(=O)c3ccccc3)c2)N=C1N.O=CO. The lowest BCUT2D eigenvalue weighted by molar-refractivity contribution is -0.128. The Morgan fingerprint density at radius 2 is 1.89 bits per heavy atom. The highest BCUT2D eigenvalue weighted by Gasteiger charge is 2.36. The minimum Gasteiger partial charge on any atom is -0.483 e. The molecule has 2 amide bonds. The van der Waals surface area contributed by atoms with Crippen LogP contribution in [0.3, 0.4) is 0 Å². The van der Waals surface area contributed by atoms with Gasteiger partial charge in [-0.3, -0.25) is 19.3 Å². The van der Waals surface area contributed by atoms with E-state index in [0.29, 0.717) is 11.3 Å². The molecule has 3 rings (SSSR count). The number of carboxylic acid groups (broad SMARTS) is 1. The number of hydrogen-bond acceptors (Lipinski definition) is 5. The van der Waals surface area contributed by atoms with Gasteiger partial charge in [0.15, 0.2) is 5.96 Å². The van der Waals surface area contributed by atoms with Crippen molar-refractivity contribution >= 4 is 29.9 Å². The number of anilines is 1. The van der Waals surface area contributed by atoms with Crippen LogP contribution >= 0.6 is 0 Å². The van der Waals surface area contributed by atoms with Gasteiger partial charge in [0, 0.05) is 18.3 Å². The summed E-state index contributed by atoms with van der Waals surface area (Å²) in [6.07, 6.45) is 0.223. The number of hydrogen-bond donors (Lipinski definition) is 3. The van der Waals surface area contributed by atoms with Crippen LogP contribution in [-0.4, -0.2) is 41.3 Å². The van der Waals surface area contributed by atoms with Gasteiger partial charge >= 0.3 is 0 Å². The van der Waals surface area contributed by atoms with Gasteiger partial charge in [0.2, 0.25) is 5.91 Å². The van der Waals surface area contributed by atoms with Crippen LogP contribution in [0.2, 0.25) is 0 Å². The van der Waals surface area contributed by atoms with Crippen LogP contribution in [0, 0.1) is 0 Å². The number of nitrogens with two attached hydrogens (primary N) is 1. The standard InChI is InChI=1S/C19H20N4O2.CH2O2/c1-19(12-16(24)23(2)18(20)22-19)14-9-6-10-15(11-14)21-17(25)13-7-4-3-5-8-13;2-1-3/h3-11H,12H2,1-2H3,(H2,20,22)(H,21,25);1H,(H,2,3)/t19-;/m0./s1. The van der Waals surface area contributed by atoms with Gasteiger partial charge in [0.1, 0.15) is 0 Å². The molecule has 0 spiro atoms. The Morgan fingerprint density at radius 1 is 1.25 bits per heavy atom. The number of carbonyl (C=O) groups excluding carboxylic acids is 2. The molecule has 0 radical (unpaired) electrons. The Hall–Kier alpha value is -3.68. The van der Waals surface area contributed by atoms with Crippen molar-refractivity contribution in [2.24, 2.45) is 10.7 Å². The number of guanidine groups is 1. The smallest absolute Gasteiger partial charge is 0.290 e. The Kier molecular flexibility index (Phi) is 6.49. The molecule has 0 saturated heterocycles. The van der Waals surface area contributed by atoms with Gasteiger partial charge in [0.05, 0.1) is 12.0 Å². The number of benzene rings is 2. The first-order valence-corrected chi connectivity index (χ1v) is 8.47. The molecular weight excluding hydrogens is 360 g/mol. The van der Waals surface area contributed by atoms with Crippen LogP contribution in [0.5, 0.6) is 0 Å². The average molecular weight is 382 g/mol. The van der Waals surface area contributed by atoms with Crippen LogP contribution in [0.25, 0.3) is 0 Å². The summed E-state index contributed by atoms with van der Waals surface area (Å²) in [7, 11) is 1.61. The summed E-state index contributed by atoms with van der Waals surface area (Å²) in [5.74, 6) is -0.0865. The van der Waals surface area contributed by atoms with Crippen molar-refractivity contribution in [3.05, 3.63) is 65.7 Å². The van der Waals surface area contributed by atoms with E-state index in [1.165, 1.54) is 4.90 Å². The molecule has 8 nitrogen and oxygen atoms in total. The van der Waals surface area contributed by atoms with Crippen molar-refractivity contribution in [2.75, 3.05) is 12.4 Å². The maximum atomic E-state index is 12.3. The van der Waals surface area contributed by atoms with Crippen LogP contribution in [0.1, 0.15) is 29.3 Å². The van der Waals surface area contributed by atoms with E-state index in [2.05, 4.69) is 10.3 Å². The zero-order valence-electron chi connectivity index (χ0n) is 15.6. The van der Waals surface area contributed by atoms with Crippen molar-refractivity contribution in [2.45, 2.75) is 18.9 Å². The fraction of sp³-hybridized carbons (Fsp3) is 0.200. The summed E-state index contributed by atoms with van der Waals surface area (Å²) in [4.78, 5) is 38.6. The van der Waals surface area contributed by atoms with E-state index in [1.54, 1.807) is 25.2 Å². The number of carbonyl (C=O) groups is 3. The number of amides is 2. The van der Waals surface area contributed by atoms with Crippen molar-refractivity contribution in [1.82, 2.24) is 4.90 Å². The Bertz CT molecular complexity index is 898. The third-order valence-corrected chi connectivity index (χ3v) is 4.35. The molecule has 0 saturated carbocycles. The first-order chi connectivity index (χ1) is 13.3. The van der Waals surface area contributed by atoms with Crippen molar-refractivity contribution < 1.29 is 19.5 Å². The second kappa shape index (κ2) is 8.81. The minimum atomic E-state index is -0.749. The van der Waals surface area contributed by atoms with Crippen LogP contribution in [0.15, 0.2) is 59.6 Å². The molecule has 146 valence electrons.